The van der Waals surface area contributed by atoms with Gasteiger partial charge in [-0.15, -0.1) is 13.2 Å². The zero-order chi connectivity index (χ0) is 17.7. The molecule has 0 aromatic heterocycles. The van der Waals surface area contributed by atoms with Crippen molar-refractivity contribution < 1.29 is 13.7 Å². The molecule has 0 aromatic carbocycles. The first-order chi connectivity index (χ1) is 11.0. The predicted octanol–water partition coefficient (Wildman–Crippen LogP) is 5.10. The molecule has 0 N–H and O–H groups in total. The first-order valence-electron chi connectivity index (χ1n) is 8.25. The lowest BCUT2D eigenvalue weighted by Crippen LogP contribution is -2.32. The lowest BCUT2D eigenvalue weighted by Gasteiger charge is -2.25. The molecule has 0 radical (unpaired) electrons. The van der Waals surface area contributed by atoms with E-state index in [9.17, 15) is 4.79 Å². The van der Waals surface area contributed by atoms with Crippen molar-refractivity contribution in [3.63, 3.8) is 0 Å². The number of ether oxygens (including phenoxy) is 1. The molecule has 0 saturated heterocycles. The van der Waals surface area contributed by atoms with Crippen molar-refractivity contribution in [2.24, 2.45) is 5.92 Å². The van der Waals surface area contributed by atoms with Gasteiger partial charge in [-0.25, -0.2) is 0 Å². The van der Waals surface area contributed by atoms with Gasteiger partial charge in [-0.1, -0.05) is 30.7 Å². The van der Waals surface area contributed by atoms with Crippen LogP contribution in [0.4, 0.5) is 0 Å². The Balaban J connectivity index is 4.33. The monoisotopic (exact) mass is 340 g/mol. The molecule has 23 heavy (non-hydrogen) atoms. The third kappa shape index (κ3) is 9.80. The second kappa shape index (κ2) is 13.6. The van der Waals surface area contributed by atoms with E-state index in [1.807, 2.05) is 13.0 Å². The normalized spacial score (nSPS) is 15.7. The van der Waals surface area contributed by atoms with Crippen molar-refractivity contribution in [2.75, 3.05) is 7.11 Å². The fourth-order valence-electron chi connectivity index (χ4n) is 2.52. The van der Waals surface area contributed by atoms with E-state index < -0.39 is 0 Å². The van der Waals surface area contributed by atoms with Crippen molar-refractivity contribution in [2.45, 2.75) is 64.6 Å². The van der Waals surface area contributed by atoms with Crippen LogP contribution in [0.25, 0.3) is 0 Å². The Kier molecular flexibility index (Phi) is 13.1. The Hall–Kier alpha value is -0.840. The summed E-state index contributed by atoms with van der Waals surface area (Å²) in [4.78, 5) is 11.9. The highest BCUT2D eigenvalue weighted by Gasteiger charge is 2.24. The van der Waals surface area contributed by atoms with E-state index in [0.29, 0.717) is 18.6 Å². The molecule has 0 spiro atoms. The molecule has 1 unspecified atom stereocenters. The molecular formula is C19H32O3S. The number of rotatable bonds is 14. The van der Waals surface area contributed by atoms with Crippen LogP contribution in [0, 0.1) is 5.92 Å². The Labute approximate surface area is 147 Å². The Morgan fingerprint density at radius 2 is 1.91 bits per heavy atom. The number of allylic oxidation sites excluding steroid dienone is 2. The van der Waals surface area contributed by atoms with Crippen LogP contribution >= 0.6 is 12.9 Å². The minimum Gasteiger partial charge on any atom is -0.375 e. The molecular weight excluding hydrogens is 308 g/mol. The second-order valence-electron chi connectivity index (χ2n) is 5.95. The summed E-state index contributed by atoms with van der Waals surface area (Å²) in [6.45, 7) is 11.5. The number of hydrogen-bond donors (Lipinski definition) is 1. The number of hydrogen-bond acceptors (Lipinski definition) is 4. The molecule has 0 fully saturated rings. The van der Waals surface area contributed by atoms with Gasteiger partial charge in [-0.3, -0.25) is 4.79 Å². The Bertz CT molecular complexity index is 390. The van der Waals surface area contributed by atoms with Crippen molar-refractivity contribution in [3.05, 3.63) is 37.0 Å². The Morgan fingerprint density at radius 1 is 1.22 bits per heavy atom. The number of ketones is 1. The van der Waals surface area contributed by atoms with E-state index in [0.717, 1.165) is 25.7 Å². The van der Waals surface area contributed by atoms with Crippen molar-refractivity contribution in [1.29, 1.82) is 0 Å². The molecule has 0 bridgehead atoms. The third-order valence-corrected chi connectivity index (χ3v) is 4.17. The minimum absolute atomic E-state index is 0.123. The molecule has 0 aromatic rings. The number of methoxy groups -OCH3 is 1. The zero-order valence-electron chi connectivity index (χ0n) is 14.8. The largest absolute Gasteiger partial charge is 0.375 e. The summed E-state index contributed by atoms with van der Waals surface area (Å²) < 4.78 is 10.6. The molecule has 0 heterocycles. The summed E-state index contributed by atoms with van der Waals surface area (Å²) in [6.07, 6.45) is 10.4. The van der Waals surface area contributed by atoms with Crippen molar-refractivity contribution in [1.82, 2.24) is 0 Å². The summed E-state index contributed by atoms with van der Waals surface area (Å²) in [5.41, 5.74) is 1.19. The van der Waals surface area contributed by atoms with Crippen molar-refractivity contribution >= 4 is 18.7 Å². The molecule has 0 aliphatic rings. The number of unbranched alkanes of at least 4 members (excludes halogenated alkanes) is 2. The van der Waals surface area contributed by atoms with E-state index in [-0.39, 0.29) is 18.1 Å². The summed E-state index contributed by atoms with van der Waals surface area (Å²) in [7, 11) is 1.63. The zero-order valence-corrected chi connectivity index (χ0v) is 15.7. The van der Waals surface area contributed by atoms with Gasteiger partial charge in [0.1, 0.15) is 18.0 Å². The van der Waals surface area contributed by atoms with Gasteiger partial charge in [-0.2, -0.15) is 0 Å². The van der Waals surface area contributed by atoms with Gasteiger partial charge < -0.3 is 8.92 Å². The molecule has 4 heteroatoms. The number of carbonyl (C=O) groups is 1. The highest BCUT2D eigenvalue weighted by Crippen LogP contribution is 2.20. The van der Waals surface area contributed by atoms with Gasteiger partial charge in [0.25, 0.3) is 0 Å². The Morgan fingerprint density at radius 3 is 2.43 bits per heavy atom. The molecule has 0 amide bonds. The van der Waals surface area contributed by atoms with Crippen molar-refractivity contribution in [3.8, 4) is 0 Å². The highest BCUT2D eigenvalue weighted by molar-refractivity contribution is 7.75. The molecule has 132 valence electrons. The van der Waals surface area contributed by atoms with Gasteiger partial charge in [0.2, 0.25) is 0 Å². The fourth-order valence-corrected chi connectivity index (χ4v) is 2.83. The summed E-state index contributed by atoms with van der Waals surface area (Å²) in [5, 5.41) is 0. The average molecular weight is 341 g/mol. The topological polar surface area (TPSA) is 35.5 Å². The maximum atomic E-state index is 11.9. The van der Waals surface area contributed by atoms with Gasteiger partial charge in [0, 0.05) is 25.9 Å². The van der Waals surface area contributed by atoms with Crippen LogP contribution in [0.1, 0.15) is 52.4 Å². The maximum absolute atomic E-state index is 11.9. The lowest BCUT2D eigenvalue weighted by molar-refractivity contribution is -0.119. The smallest absolute Gasteiger partial charge is 0.133 e. The van der Waals surface area contributed by atoms with E-state index in [1.54, 1.807) is 13.2 Å². The quantitative estimate of drug-likeness (QED) is 0.207. The summed E-state index contributed by atoms with van der Waals surface area (Å²) in [5.74, 6) is 0.454. The lowest BCUT2D eigenvalue weighted by atomic mass is 9.95. The number of thiol groups is 1. The number of carbonyl (C=O) groups excluding carboxylic acids is 1. The summed E-state index contributed by atoms with van der Waals surface area (Å²) >= 11 is 3.95. The van der Waals surface area contributed by atoms with Crippen LogP contribution in [-0.4, -0.2) is 25.1 Å². The minimum atomic E-state index is -0.210. The second-order valence-corrected chi connectivity index (χ2v) is 6.16. The molecule has 0 saturated carbocycles. The third-order valence-electron chi connectivity index (χ3n) is 3.93. The van der Waals surface area contributed by atoms with Crippen LogP contribution < -0.4 is 0 Å². The first-order valence-corrected chi connectivity index (χ1v) is 8.62. The number of Topliss-reactive ketones (excluding diaryl/α,β-unsaturated/α-hetero) is 1. The highest BCUT2D eigenvalue weighted by atomic mass is 32.1. The molecule has 0 aliphatic carbocycles. The molecule has 3 nitrogen and oxygen atoms in total. The van der Waals surface area contributed by atoms with Gasteiger partial charge >= 0.3 is 0 Å². The predicted molar refractivity (Wildman–Crippen MR) is 101 cm³/mol. The van der Waals surface area contributed by atoms with Gasteiger partial charge in [0.05, 0.1) is 0 Å². The molecule has 0 rings (SSSR count). The SMILES string of the molecule is C=CCCCCC(=O)CC/C(C)=C\[C@@H](C)[C@H](OS)C(C=C)OC. The van der Waals surface area contributed by atoms with Crippen LogP contribution in [0.2, 0.25) is 0 Å². The van der Waals surface area contributed by atoms with E-state index in [4.69, 9.17) is 8.92 Å². The van der Waals surface area contributed by atoms with Crippen LogP contribution in [0.5, 0.6) is 0 Å². The van der Waals surface area contributed by atoms with E-state index in [2.05, 4.69) is 39.1 Å². The van der Waals surface area contributed by atoms with E-state index >= 15 is 0 Å². The van der Waals surface area contributed by atoms with Crippen LogP contribution in [0.3, 0.4) is 0 Å². The summed E-state index contributed by atoms with van der Waals surface area (Å²) in [6, 6.07) is 0. The van der Waals surface area contributed by atoms with Crippen LogP contribution in [0.15, 0.2) is 37.0 Å². The fraction of sp³-hybridized carbons (Fsp3) is 0.632. The van der Waals surface area contributed by atoms with Gasteiger partial charge in [0.15, 0.2) is 0 Å². The van der Waals surface area contributed by atoms with Gasteiger partial charge in [-0.05, 0) is 45.5 Å². The maximum Gasteiger partial charge on any atom is 0.133 e. The van der Waals surface area contributed by atoms with Crippen LogP contribution in [-0.2, 0) is 13.7 Å². The standard InChI is InChI=1S/C19H32O3S/c1-6-8-9-10-11-17(20)13-12-15(3)14-16(4)19(22-23)18(7-2)21-5/h6-7,14,16,18-19,23H,1-2,8-13H2,3-5H3/b15-14-/t16-,18?,19+/m1/s1. The molecule has 3 atom stereocenters. The first kappa shape index (κ1) is 22.2. The average Bonchev–Trinajstić information content (AvgIpc) is 2.54. The van der Waals surface area contributed by atoms with E-state index in [1.165, 1.54) is 5.57 Å². The molecule has 0 aliphatic heterocycles.